The number of phenolic OH excluding ortho intramolecular Hbond substituents is 1. The smallest absolute Gasteiger partial charge is 0.132 e. The molecule has 1 heterocycles. The van der Waals surface area contributed by atoms with Crippen LogP contribution in [0.4, 0.5) is 5.69 Å². The minimum atomic E-state index is -0.427. The summed E-state index contributed by atoms with van der Waals surface area (Å²) in [5.41, 5.74) is 6.14. The van der Waals surface area contributed by atoms with Crippen LogP contribution in [0.1, 0.15) is 30.5 Å². The van der Waals surface area contributed by atoms with Gasteiger partial charge >= 0.3 is 0 Å². The fourth-order valence-corrected chi connectivity index (χ4v) is 3.00. The number of ether oxygens (including phenoxy) is 1. The molecule has 0 fully saturated rings. The molecule has 0 saturated carbocycles. The summed E-state index contributed by atoms with van der Waals surface area (Å²) in [5, 5.41) is 13.2. The van der Waals surface area contributed by atoms with Crippen molar-refractivity contribution in [2.24, 2.45) is 0 Å². The van der Waals surface area contributed by atoms with Gasteiger partial charge in [-0.3, -0.25) is 0 Å². The van der Waals surface area contributed by atoms with Gasteiger partial charge in [-0.1, -0.05) is 0 Å². The van der Waals surface area contributed by atoms with E-state index in [1.54, 1.807) is 6.07 Å². The zero-order valence-corrected chi connectivity index (χ0v) is 13.2. The van der Waals surface area contributed by atoms with Crippen LogP contribution in [0, 0.1) is 13.8 Å². The quantitative estimate of drug-likeness (QED) is 0.817. The van der Waals surface area contributed by atoms with Crippen LogP contribution >= 0.6 is 0 Å². The molecule has 1 aliphatic rings. The van der Waals surface area contributed by atoms with Crippen molar-refractivity contribution in [1.29, 1.82) is 0 Å². The first kappa shape index (κ1) is 13.8. The van der Waals surface area contributed by atoms with Gasteiger partial charge in [0.25, 0.3) is 0 Å². The third-order valence-corrected chi connectivity index (χ3v) is 4.24. The lowest BCUT2D eigenvalue weighted by molar-refractivity contribution is 0.105. The molecule has 2 aromatic carbocycles. The number of rotatable bonds is 1. The van der Waals surface area contributed by atoms with Crippen LogP contribution in [0.3, 0.4) is 0 Å². The van der Waals surface area contributed by atoms with Gasteiger partial charge in [-0.15, -0.1) is 0 Å². The van der Waals surface area contributed by atoms with Gasteiger partial charge in [0.2, 0.25) is 0 Å². The monoisotopic (exact) mass is 283 g/mol. The van der Waals surface area contributed by atoms with E-state index in [0.717, 1.165) is 28.1 Å². The van der Waals surface area contributed by atoms with Gasteiger partial charge in [0.05, 0.1) is 0 Å². The average Bonchev–Trinajstić information content (AvgIpc) is 2.40. The maximum Gasteiger partial charge on any atom is 0.132 e. The first-order valence-corrected chi connectivity index (χ1v) is 7.19. The van der Waals surface area contributed by atoms with Crippen molar-refractivity contribution in [3.63, 3.8) is 0 Å². The fourth-order valence-electron chi connectivity index (χ4n) is 3.00. The number of hydrogen-bond donors (Lipinski definition) is 2. The number of anilines is 1. The second-order valence-electron chi connectivity index (χ2n) is 6.21. The van der Waals surface area contributed by atoms with E-state index in [-0.39, 0.29) is 5.75 Å². The van der Waals surface area contributed by atoms with E-state index in [1.807, 2.05) is 20.0 Å². The van der Waals surface area contributed by atoms with Crippen LogP contribution in [0.2, 0.25) is 0 Å². The highest BCUT2D eigenvalue weighted by Gasteiger charge is 2.33. The lowest BCUT2D eigenvalue weighted by Crippen LogP contribution is -2.29. The Balaban J connectivity index is 2.33. The molecule has 0 atom stereocenters. The summed E-state index contributed by atoms with van der Waals surface area (Å²) in [5.74, 6) is 1.02. The highest BCUT2D eigenvalue weighted by atomic mass is 16.5. The number of aromatic hydroxyl groups is 1. The maximum absolute atomic E-state index is 9.94. The van der Waals surface area contributed by atoms with Crippen molar-refractivity contribution >= 4 is 5.69 Å². The summed E-state index contributed by atoms with van der Waals surface area (Å²) < 4.78 is 6.13. The summed E-state index contributed by atoms with van der Waals surface area (Å²) in [6.45, 7) is 8.12. The van der Waals surface area contributed by atoms with E-state index in [2.05, 4.69) is 38.2 Å². The number of benzene rings is 2. The fraction of sp³-hybridized carbons (Fsp3) is 0.333. The topological polar surface area (TPSA) is 41.5 Å². The number of fused-ring (bicyclic) bond motifs is 3. The minimum Gasteiger partial charge on any atom is -0.508 e. The molecule has 110 valence electrons. The van der Waals surface area contributed by atoms with E-state index >= 15 is 0 Å². The summed E-state index contributed by atoms with van der Waals surface area (Å²) >= 11 is 0. The molecule has 0 unspecified atom stereocenters. The molecule has 0 bridgehead atoms. The molecule has 3 heteroatoms. The molecular weight excluding hydrogens is 262 g/mol. The molecule has 1 aliphatic heterocycles. The van der Waals surface area contributed by atoms with E-state index in [4.69, 9.17) is 4.74 Å². The number of hydrogen-bond acceptors (Lipinski definition) is 3. The van der Waals surface area contributed by atoms with Crippen molar-refractivity contribution in [3.8, 4) is 22.6 Å². The maximum atomic E-state index is 9.94. The summed E-state index contributed by atoms with van der Waals surface area (Å²) in [6.07, 6.45) is 0. The van der Waals surface area contributed by atoms with Crippen molar-refractivity contribution in [2.75, 3.05) is 12.4 Å². The molecule has 3 rings (SSSR count). The molecule has 0 saturated heterocycles. The predicted octanol–water partition coefficient (Wildman–Crippen LogP) is 4.35. The Morgan fingerprint density at radius 1 is 1.00 bits per heavy atom. The molecule has 0 aliphatic carbocycles. The van der Waals surface area contributed by atoms with Crippen LogP contribution < -0.4 is 10.1 Å². The molecule has 2 aromatic rings. The Morgan fingerprint density at radius 3 is 2.33 bits per heavy atom. The van der Waals surface area contributed by atoms with Crippen LogP contribution in [-0.4, -0.2) is 12.2 Å². The van der Waals surface area contributed by atoms with E-state index in [1.165, 1.54) is 11.1 Å². The molecule has 3 nitrogen and oxygen atoms in total. The average molecular weight is 283 g/mol. The zero-order valence-electron chi connectivity index (χ0n) is 13.2. The van der Waals surface area contributed by atoms with E-state index in [9.17, 15) is 5.11 Å². The number of phenols is 1. The standard InChI is InChI=1S/C18H21NO2/c1-10-6-12-13-7-11(2)16(20)9-17(13)21-18(3,4)14(12)8-15(10)19-5/h6-9,19-20H,1-5H3. The van der Waals surface area contributed by atoms with Crippen molar-refractivity contribution < 1.29 is 9.84 Å². The molecule has 0 amide bonds. The Kier molecular flexibility index (Phi) is 2.90. The van der Waals surface area contributed by atoms with E-state index in [0.29, 0.717) is 0 Å². The van der Waals surface area contributed by atoms with Crippen LogP contribution in [0.25, 0.3) is 11.1 Å². The molecule has 2 N–H and O–H groups in total. The highest BCUT2D eigenvalue weighted by molar-refractivity contribution is 5.81. The SMILES string of the molecule is CNc1cc2c(cc1C)-c1cc(C)c(O)cc1OC2(C)C. The largest absolute Gasteiger partial charge is 0.508 e. The summed E-state index contributed by atoms with van der Waals surface area (Å²) in [6, 6.07) is 8.07. The molecule has 21 heavy (non-hydrogen) atoms. The van der Waals surface area contributed by atoms with Crippen molar-refractivity contribution in [3.05, 3.63) is 41.0 Å². The summed E-state index contributed by atoms with van der Waals surface area (Å²) in [7, 11) is 1.93. The molecule has 0 radical (unpaired) electrons. The second kappa shape index (κ2) is 4.42. The second-order valence-corrected chi connectivity index (χ2v) is 6.21. The van der Waals surface area contributed by atoms with Crippen LogP contribution in [0.5, 0.6) is 11.5 Å². The lowest BCUT2D eigenvalue weighted by atomic mass is 9.84. The van der Waals surface area contributed by atoms with Crippen molar-refractivity contribution in [2.45, 2.75) is 33.3 Å². The minimum absolute atomic E-state index is 0.275. The van der Waals surface area contributed by atoms with Gasteiger partial charge in [-0.2, -0.15) is 0 Å². The Morgan fingerprint density at radius 2 is 1.67 bits per heavy atom. The molecule has 0 aromatic heterocycles. The molecule has 0 spiro atoms. The predicted molar refractivity (Wildman–Crippen MR) is 86.2 cm³/mol. The Hall–Kier alpha value is -2.16. The van der Waals surface area contributed by atoms with Crippen molar-refractivity contribution in [1.82, 2.24) is 0 Å². The van der Waals surface area contributed by atoms with Gasteiger partial charge in [-0.25, -0.2) is 0 Å². The van der Waals surface area contributed by atoms with Gasteiger partial charge in [0.15, 0.2) is 0 Å². The normalized spacial score (nSPS) is 14.9. The third-order valence-electron chi connectivity index (χ3n) is 4.24. The first-order valence-electron chi connectivity index (χ1n) is 7.19. The Bertz CT molecular complexity index is 732. The molecular formula is C18H21NO2. The van der Waals surface area contributed by atoms with Crippen LogP contribution in [0.15, 0.2) is 24.3 Å². The Labute approximate surface area is 125 Å². The van der Waals surface area contributed by atoms with Gasteiger partial charge in [-0.05, 0) is 62.6 Å². The highest BCUT2D eigenvalue weighted by Crippen LogP contribution is 2.48. The van der Waals surface area contributed by atoms with Gasteiger partial charge in [0.1, 0.15) is 17.1 Å². The lowest BCUT2D eigenvalue weighted by Gasteiger charge is -2.36. The number of nitrogens with one attached hydrogen (secondary N) is 1. The van der Waals surface area contributed by atoms with Crippen LogP contribution in [-0.2, 0) is 5.60 Å². The van der Waals surface area contributed by atoms with Gasteiger partial charge in [0, 0.05) is 29.9 Å². The van der Waals surface area contributed by atoms with E-state index < -0.39 is 5.60 Å². The number of aryl methyl sites for hydroxylation is 2. The van der Waals surface area contributed by atoms with Gasteiger partial charge < -0.3 is 15.2 Å². The zero-order chi connectivity index (χ0) is 15.4. The first-order chi connectivity index (χ1) is 9.83. The third kappa shape index (κ3) is 2.04. The summed E-state index contributed by atoms with van der Waals surface area (Å²) in [4.78, 5) is 0.